The van der Waals surface area contributed by atoms with Gasteiger partial charge in [-0.05, 0) is 31.2 Å². The van der Waals surface area contributed by atoms with E-state index < -0.39 is 17.5 Å². The molecule has 164 valence electrons. The molecule has 0 saturated heterocycles. The molecule has 0 fully saturated rings. The molecule has 0 amide bonds. The molecule has 28 heavy (non-hydrogen) atoms. The van der Waals surface area contributed by atoms with Gasteiger partial charge in [0, 0.05) is 12.2 Å². The van der Waals surface area contributed by atoms with Crippen LogP contribution in [0.4, 0.5) is 0 Å². The lowest BCUT2D eigenvalue weighted by molar-refractivity contribution is -0.519. The standard InChI is InChI=1S/C22H40O6/c1-6-7-8-9-10-11-12-13-14-15-18-25-20(23)16-17-21(24)26-28-27-22(4,5)19(2)3/h16-17,19H,6-15,18H2,1-5H3. The van der Waals surface area contributed by atoms with Gasteiger partial charge in [0.2, 0.25) is 0 Å². The molecule has 0 radical (unpaired) electrons. The van der Waals surface area contributed by atoms with Gasteiger partial charge in [-0.1, -0.05) is 78.6 Å². The van der Waals surface area contributed by atoms with E-state index in [1.165, 1.54) is 44.9 Å². The molecule has 6 heteroatoms. The van der Waals surface area contributed by atoms with Crippen molar-refractivity contribution >= 4 is 11.9 Å². The van der Waals surface area contributed by atoms with Gasteiger partial charge >= 0.3 is 11.9 Å². The zero-order valence-corrected chi connectivity index (χ0v) is 18.5. The van der Waals surface area contributed by atoms with Crippen LogP contribution >= 0.6 is 0 Å². The van der Waals surface area contributed by atoms with E-state index in [0.717, 1.165) is 31.4 Å². The van der Waals surface area contributed by atoms with Gasteiger partial charge in [0.25, 0.3) is 0 Å². The zero-order chi connectivity index (χ0) is 21.3. The maximum absolute atomic E-state index is 11.5. The first-order valence-corrected chi connectivity index (χ1v) is 10.7. The minimum atomic E-state index is -0.838. The smallest absolute Gasteiger partial charge is 0.369 e. The van der Waals surface area contributed by atoms with E-state index in [2.05, 4.69) is 16.8 Å². The first-order chi connectivity index (χ1) is 13.3. The average molecular weight is 401 g/mol. The maximum Gasteiger partial charge on any atom is 0.369 e. The third-order valence-electron chi connectivity index (χ3n) is 4.85. The minimum absolute atomic E-state index is 0.169. The Morgan fingerprint density at radius 2 is 1.32 bits per heavy atom. The molecule has 6 nitrogen and oxygen atoms in total. The lowest BCUT2D eigenvalue weighted by Gasteiger charge is -2.25. The van der Waals surface area contributed by atoms with Crippen LogP contribution in [0.2, 0.25) is 0 Å². The summed E-state index contributed by atoms with van der Waals surface area (Å²) in [6, 6.07) is 0. The van der Waals surface area contributed by atoms with Crippen molar-refractivity contribution in [2.75, 3.05) is 6.61 Å². The second kappa shape index (κ2) is 16.5. The lowest BCUT2D eigenvalue weighted by Crippen LogP contribution is -2.31. The number of unbranched alkanes of at least 4 members (excludes halogenated alkanes) is 9. The number of rotatable bonds is 17. The summed E-state index contributed by atoms with van der Waals surface area (Å²) in [4.78, 5) is 32.4. The fourth-order valence-electron chi connectivity index (χ4n) is 2.21. The highest BCUT2D eigenvalue weighted by Gasteiger charge is 2.25. The van der Waals surface area contributed by atoms with Crippen LogP contribution in [-0.2, 0) is 29.1 Å². The Morgan fingerprint density at radius 3 is 1.86 bits per heavy atom. The van der Waals surface area contributed by atoms with E-state index in [0.29, 0.717) is 6.61 Å². The Labute approximate surface area is 170 Å². The molecule has 0 aliphatic heterocycles. The number of carbonyl (C=O) groups excluding carboxylic acids is 2. The summed E-state index contributed by atoms with van der Waals surface area (Å²) < 4.78 is 5.05. The van der Waals surface area contributed by atoms with Crippen LogP contribution in [0.5, 0.6) is 0 Å². The summed E-state index contributed by atoms with van der Waals surface area (Å²) in [6.45, 7) is 10.1. The first-order valence-electron chi connectivity index (χ1n) is 10.7. The second-order valence-corrected chi connectivity index (χ2v) is 7.99. The quantitative estimate of drug-likeness (QED) is 0.100. The molecule has 0 aliphatic carbocycles. The third-order valence-corrected chi connectivity index (χ3v) is 4.85. The van der Waals surface area contributed by atoms with Gasteiger partial charge < -0.3 is 4.74 Å². The zero-order valence-electron chi connectivity index (χ0n) is 18.5. The van der Waals surface area contributed by atoms with Crippen LogP contribution in [0.1, 0.15) is 98.8 Å². The first kappa shape index (κ1) is 26.6. The van der Waals surface area contributed by atoms with Gasteiger partial charge in [0.05, 0.1) is 6.61 Å². The van der Waals surface area contributed by atoms with Gasteiger partial charge in [-0.2, -0.15) is 4.89 Å². The topological polar surface area (TPSA) is 71.1 Å². The fraction of sp³-hybridized carbons (Fsp3) is 0.818. The van der Waals surface area contributed by atoms with Crippen molar-refractivity contribution in [2.24, 2.45) is 5.92 Å². The molecule has 0 aromatic carbocycles. The molecule has 0 aromatic rings. The van der Waals surface area contributed by atoms with Gasteiger partial charge in [0.1, 0.15) is 5.60 Å². The molecule has 0 unspecified atom stereocenters. The molecule has 0 rings (SSSR count). The SMILES string of the molecule is CCCCCCCCCCCCOC(=O)C=CC(=O)OOOC(C)(C)C(C)C. The normalized spacial score (nSPS) is 11.9. The number of esters is 1. The number of ether oxygens (including phenoxy) is 1. The van der Waals surface area contributed by atoms with Crippen LogP contribution in [0.25, 0.3) is 0 Å². The van der Waals surface area contributed by atoms with E-state index in [1.54, 1.807) is 0 Å². The van der Waals surface area contributed by atoms with Crippen molar-refractivity contribution in [1.29, 1.82) is 0 Å². The molecule has 0 heterocycles. The molecule has 0 atom stereocenters. The van der Waals surface area contributed by atoms with E-state index in [9.17, 15) is 9.59 Å². The van der Waals surface area contributed by atoms with Crippen molar-refractivity contribution in [3.63, 3.8) is 0 Å². The summed E-state index contributed by atoms with van der Waals surface area (Å²) in [6.07, 6.45) is 14.2. The molecule has 0 saturated carbocycles. The lowest BCUT2D eigenvalue weighted by atomic mass is 9.95. The minimum Gasteiger partial charge on any atom is -0.463 e. The van der Waals surface area contributed by atoms with Gasteiger partial charge in [-0.15, -0.1) is 0 Å². The van der Waals surface area contributed by atoms with Crippen LogP contribution in [0, 0.1) is 5.92 Å². The Balaban J connectivity index is 3.61. The summed E-state index contributed by atoms with van der Waals surface area (Å²) >= 11 is 0. The fourth-order valence-corrected chi connectivity index (χ4v) is 2.21. The molecule has 0 aliphatic rings. The van der Waals surface area contributed by atoms with Crippen molar-refractivity contribution in [2.45, 2.75) is 104 Å². The predicted octanol–water partition coefficient (Wildman–Crippen LogP) is 5.85. The monoisotopic (exact) mass is 400 g/mol. The number of hydrogen-bond acceptors (Lipinski definition) is 6. The predicted molar refractivity (Wildman–Crippen MR) is 109 cm³/mol. The van der Waals surface area contributed by atoms with Gasteiger partial charge in [0.15, 0.2) is 0 Å². The van der Waals surface area contributed by atoms with Crippen molar-refractivity contribution < 1.29 is 29.1 Å². The molecular weight excluding hydrogens is 360 g/mol. The Hall–Kier alpha value is -1.40. The van der Waals surface area contributed by atoms with Crippen LogP contribution in [0.3, 0.4) is 0 Å². The molecule has 0 bridgehead atoms. The highest BCUT2D eigenvalue weighted by atomic mass is 17.5. The Bertz CT molecular complexity index is 442. The molecule has 0 aromatic heterocycles. The maximum atomic E-state index is 11.5. The third kappa shape index (κ3) is 15.6. The Kier molecular flexibility index (Phi) is 15.7. The van der Waals surface area contributed by atoms with Gasteiger partial charge in [-0.25, -0.2) is 9.59 Å². The molecule has 0 spiro atoms. The van der Waals surface area contributed by atoms with E-state index in [1.807, 2.05) is 27.7 Å². The number of hydrogen-bond donors (Lipinski definition) is 0. The van der Waals surface area contributed by atoms with E-state index in [-0.39, 0.29) is 5.92 Å². The summed E-state index contributed by atoms with van der Waals surface area (Å²) in [5.41, 5.74) is -0.599. The summed E-state index contributed by atoms with van der Waals surface area (Å²) in [7, 11) is 0. The summed E-state index contributed by atoms with van der Waals surface area (Å²) in [5, 5.41) is 4.47. The van der Waals surface area contributed by atoms with Crippen molar-refractivity contribution in [3.05, 3.63) is 12.2 Å². The van der Waals surface area contributed by atoms with Crippen molar-refractivity contribution in [3.8, 4) is 0 Å². The molecule has 0 N–H and O–H groups in total. The highest BCUT2D eigenvalue weighted by molar-refractivity contribution is 5.91. The van der Waals surface area contributed by atoms with Crippen molar-refractivity contribution in [1.82, 2.24) is 0 Å². The second-order valence-electron chi connectivity index (χ2n) is 7.99. The van der Waals surface area contributed by atoms with Crippen LogP contribution in [-0.4, -0.2) is 24.1 Å². The largest absolute Gasteiger partial charge is 0.463 e. The Morgan fingerprint density at radius 1 is 0.821 bits per heavy atom. The van der Waals surface area contributed by atoms with E-state index >= 15 is 0 Å². The van der Waals surface area contributed by atoms with Gasteiger partial charge in [-0.3, -0.25) is 4.89 Å². The van der Waals surface area contributed by atoms with Crippen LogP contribution < -0.4 is 0 Å². The number of carbonyl (C=O) groups is 2. The highest BCUT2D eigenvalue weighted by Crippen LogP contribution is 2.20. The van der Waals surface area contributed by atoms with Crippen LogP contribution in [0.15, 0.2) is 12.2 Å². The summed E-state index contributed by atoms with van der Waals surface area (Å²) in [5.74, 6) is -1.24. The molecular formula is C22H40O6. The average Bonchev–Trinajstić information content (AvgIpc) is 2.64. The van der Waals surface area contributed by atoms with E-state index in [4.69, 9.17) is 9.62 Å².